The van der Waals surface area contributed by atoms with Gasteiger partial charge in [0.25, 0.3) is 0 Å². The molecule has 0 unspecified atom stereocenters. The molecule has 1 N–H and O–H groups in total. The lowest BCUT2D eigenvalue weighted by Crippen LogP contribution is -2.37. The minimum atomic E-state index is -3.49. The molecule has 1 aromatic carbocycles. The van der Waals surface area contributed by atoms with E-state index in [9.17, 15) is 18.0 Å². The minimum Gasteiger partial charge on any atom is -0.358 e. The number of rotatable bonds is 6. The van der Waals surface area contributed by atoms with E-state index in [0.29, 0.717) is 0 Å². The largest absolute Gasteiger partial charge is 0.358 e. The lowest BCUT2D eigenvalue weighted by atomic mass is 10.2. The molecule has 0 aliphatic heterocycles. The van der Waals surface area contributed by atoms with Crippen LogP contribution in [0.4, 0.5) is 0 Å². The minimum absolute atomic E-state index is 0.0834. The number of benzene rings is 1. The molecule has 0 spiro atoms. The Balaban J connectivity index is 2.63. The summed E-state index contributed by atoms with van der Waals surface area (Å²) in [5.74, 6) is -0.950. The number of carbonyl (C=O) groups is 2. The number of hydrogen-bond acceptors (Lipinski definition) is 4. The zero-order chi connectivity index (χ0) is 16.0. The smallest absolute Gasteiger partial charge is 0.239 e. The SMILES string of the molecule is CNC(=O)CN(C)C(=O)CCS(=O)(=O)c1ccc(C)cc1. The van der Waals surface area contributed by atoms with Gasteiger partial charge in [-0.05, 0) is 19.1 Å². The topological polar surface area (TPSA) is 83.6 Å². The maximum absolute atomic E-state index is 12.1. The summed E-state index contributed by atoms with van der Waals surface area (Å²) in [6.45, 7) is 1.79. The van der Waals surface area contributed by atoms with Crippen molar-refractivity contribution in [2.75, 3.05) is 26.4 Å². The second kappa shape index (κ2) is 7.21. The zero-order valence-electron chi connectivity index (χ0n) is 12.4. The van der Waals surface area contributed by atoms with E-state index in [0.717, 1.165) is 5.56 Å². The van der Waals surface area contributed by atoms with E-state index in [1.807, 2.05) is 6.92 Å². The molecule has 0 saturated carbocycles. The van der Waals surface area contributed by atoms with Crippen molar-refractivity contribution in [3.05, 3.63) is 29.8 Å². The Morgan fingerprint density at radius 2 is 1.76 bits per heavy atom. The van der Waals surface area contributed by atoms with E-state index in [-0.39, 0.29) is 35.4 Å². The Hall–Kier alpha value is -1.89. The van der Waals surface area contributed by atoms with E-state index in [1.165, 1.54) is 31.1 Å². The predicted molar refractivity (Wildman–Crippen MR) is 79.6 cm³/mol. The molecule has 1 rings (SSSR count). The quantitative estimate of drug-likeness (QED) is 0.822. The van der Waals surface area contributed by atoms with Crippen LogP contribution >= 0.6 is 0 Å². The van der Waals surface area contributed by atoms with Crippen LogP contribution in [0, 0.1) is 6.92 Å². The molecule has 0 saturated heterocycles. The standard InChI is InChI=1S/C14H20N2O4S/c1-11-4-6-12(7-5-11)21(19,20)9-8-14(18)16(3)10-13(17)15-2/h4-7H,8-10H2,1-3H3,(H,15,17). The second-order valence-corrected chi connectivity index (χ2v) is 6.91. The molecule has 0 aliphatic carbocycles. The number of sulfone groups is 1. The summed E-state index contributed by atoms with van der Waals surface area (Å²) in [5.41, 5.74) is 0.968. The van der Waals surface area contributed by atoms with Crippen LogP contribution in [0.2, 0.25) is 0 Å². The fourth-order valence-corrected chi connectivity index (χ4v) is 2.89. The maximum Gasteiger partial charge on any atom is 0.239 e. The number of carbonyl (C=O) groups excluding carboxylic acids is 2. The molecule has 0 atom stereocenters. The highest BCUT2D eigenvalue weighted by molar-refractivity contribution is 7.91. The normalized spacial score (nSPS) is 11.0. The summed E-state index contributed by atoms with van der Waals surface area (Å²) in [6, 6.07) is 6.49. The summed E-state index contributed by atoms with van der Waals surface area (Å²) < 4.78 is 24.2. The average Bonchev–Trinajstić information content (AvgIpc) is 2.45. The number of amides is 2. The van der Waals surface area contributed by atoms with Crippen molar-refractivity contribution < 1.29 is 18.0 Å². The van der Waals surface area contributed by atoms with E-state index in [4.69, 9.17) is 0 Å². The molecule has 2 amide bonds. The van der Waals surface area contributed by atoms with Gasteiger partial charge in [-0.3, -0.25) is 9.59 Å². The van der Waals surface area contributed by atoms with Gasteiger partial charge in [-0.15, -0.1) is 0 Å². The molecule has 1 aromatic rings. The molecule has 0 bridgehead atoms. The van der Waals surface area contributed by atoms with Crippen molar-refractivity contribution in [2.24, 2.45) is 0 Å². The lowest BCUT2D eigenvalue weighted by Gasteiger charge is -2.16. The highest BCUT2D eigenvalue weighted by Crippen LogP contribution is 2.13. The van der Waals surface area contributed by atoms with Crippen LogP contribution in [0.25, 0.3) is 0 Å². The molecule has 0 heterocycles. The zero-order valence-corrected chi connectivity index (χ0v) is 13.2. The highest BCUT2D eigenvalue weighted by atomic mass is 32.2. The van der Waals surface area contributed by atoms with Gasteiger partial charge in [0, 0.05) is 20.5 Å². The fraction of sp³-hybridized carbons (Fsp3) is 0.429. The van der Waals surface area contributed by atoms with Crippen LogP contribution in [0.3, 0.4) is 0 Å². The van der Waals surface area contributed by atoms with Crippen molar-refractivity contribution in [2.45, 2.75) is 18.2 Å². The summed E-state index contributed by atoms with van der Waals surface area (Å²) in [7, 11) is -0.545. The van der Waals surface area contributed by atoms with Gasteiger partial charge in [0.1, 0.15) is 0 Å². The first-order valence-electron chi connectivity index (χ1n) is 6.50. The van der Waals surface area contributed by atoms with Gasteiger partial charge in [0.05, 0.1) is 17.2 Å². The summed E-state index contributed by atoms with van der Waals surface area (Å²) in [5, 5.41) is 2.40. The van der Waals surface area contributed by atoms with Crippen LogP contribution in [0.5, 0.6) is 0 Å². The van der Waals surface area contributed by atoms with Crippen molar-refractivity contribution in [3.63, 3.8) is 0 Å². The molecule has 21 heavy (non-hydrogen) atoms. The van der Waals surface area contributed by atoms with Gasteiger partial charge < -0.3 is 10.2 Å². The van der Waals surface area contributed by atoms with Gasteiger partial charge in [0.2, 0.25) is 11.8 Å². The Morgan fingerprint density at radius 3 is 2.29 bits per heavy atom. The monoisotopic (exact) mass is 312 g/mol. The Bertz CT molecular complexity index is 608. The Kier molecular flexibility index (Phi) is 5.90. The van der Waals surface area contributed by atoms with Gasteiger partial charge in [-0.2, -0.15) is 0 Å². The Labute approximate surface area is 125 Å². The third-order valence-electron chi connectivity index (χ3n) is 3.05. The van der Waals surface area contributed by atoms with Crippen LogP contribution in [0.15, 0.2) is 29.2 Å². The predicted octanol–water partition coefficient (Wildman–Crippen LogP) is 0.363. The molecule has 116 valence electrons. The Morgan fingerprint density at radius 1 is 1.19 bits per heavy atom. The summed E-state index contributed by atoms with van der Waals surface area (Å²) >= 11 is 0. The first-order chi connectivity index (χ1) is 9.76. The third kappa shape index (κ3) is 5.18. The van der Waals surface area contributed by atoms with Crippen molar-refractivity contribution in [1.29, 1.82) is 0 Å². The molecule has 0 aromatic heterocycles. The molecule has 0 aliphatic rings. The molecule has 0 radical (unpaired) electrons. The molecule has 7 heteroatoms. The van der Waals surface area contributed by atoms with E-state index in [2.05, 4.69) is 5.32 Å². The van der Waals surface area contributed by atoms with E-state index < -0.39 is 9.84 Å². The number of likely N-dealkylation sites (N-methyl/N-ethyl adjacent to an activating group) is 2. The number of hydrogen-bond donors (Lipinski definition) is 1. The van der Waals surface area contributed by atoms with Crippen LogP contribution in [-0.4, -0.2) is 51.5 Å². The van der Waals surface area contributed by atoms with Gasteiger partial charge >= 0.3 is 0 Å². The first kappa shape index (κ1) is 17.2. The molecular weight excluding hydrogens is 292 g/mol. The maximum atomic E-state index is 12.1. The van der Waals surface area contributed by atoms with Gasteiger partial charge in [-0.25, -0.2) is 8.42 Å². The van der Waals surface area contributed by atoms with E-state index in [1.54, 1.807) is 12.1 Å². The molecule has 6 nitrogen and oxygen atoms in total. The van der Waals surface area contributed by atoms with Crippen molar-refractivity contribution >= 4 is 21.7 Å². The van der Waals surface area contributed by atoms with Crippen LogP contribution in [-0.2, 0) is 19.4 Å². The van der Waals surface area contributed by atoms with Crippen LogP contribution in [0.1, 0.15) is 12.0 Å². The van der Waals surface area contributed by atoms with Crippen LogP contribution < -0.4 is 5.32 Å². The lowest BCUT2D eigenvalue weighted by molar-refractivity contribution is -0.134. The highest BCUT2D eigenvalue weighted by Gasteiger charge is 2.19. The van der Waals surface area contributed by atoms with E-state index >= 15 is 0 Å². The third-order valence-corrected chi connectivity index (χ3v) is 4.78. The molecule has 0 fully saturated rings. The summed E-state index contributed by atoms with van der Waals surface area (Å²) in [4.78, 5) is 24.4. The average molecular weight is 312 g/mol. The number of nitrogens with one attached hydrogen (secondary N) is 1. The fourth-order valence-electron chi connectivity index (χ4n) is 1.66. The molecular formula is C14H20N2O4S. The van der Waals surface area contributed by atoms with Gasteiger partial charge in [0.15, 0.2) is 9.84 Å². The number of aryl methyl sites for hydroxylation is 1. The number of nitrogens with zero attached hydrogens (tertiary/aromatic N) is 1. The van der Waals surface area contributed by atoms with Crippen molar-refractivity contribution in [3.8, 4) is 0 Å². The summed E-state index contributed by atoms with van der Waals surface area (Å²) in [6.07, 6.45) is -0.149. The van der Waals surface area contributed by atoms with Crippen molar-refractivity contribution in [1.82, 2.24) is 10.2 Å². The first-order valence-corrected chi connectivity index (χ1v) is 8.15. The second-order valence-electron chi connectivity index (χ2n) is 4.80. The van der Waals surface area contributed by atoms with Gasteiger partial charge in [-0.1, -0.05) is 17.7 Å².